The molecule has 0 aromatic rings. The van der Waals surface area contributed by atoms with Gasteiger partial charge in [0.1, 0.15) is 6.61 Å². The van der Waals surface area contributed by atoms with Gasteiger partial charge in [-0.15, -0.1) is 0 Å². The SMILES string of the molecule is C/C=C\CCC(C)COCC(=O)O. The van der Waals surface area contributed by atoms with Gasteiger partial charge in [0, 0.05) is 6.61 Å². The van der Waals surface area contributed by atoms with Gasteiger partial charge >= 0.3 is 5.97 Å². The van der Waals surface area contributed by atoms with E-state index in [0.29, 0.717) is 12.5 Å². The Morgan fingerprint density at radius 2 is 2.31 bits per heavy atom. The van der Waals surface area contributed by atoms with Crippen molar-refractivity contribution in [1.82, 2.24) is 0 Å². The molecule has 0 aliphatic carbocycles. The largest absolute Gasteiger partial charge is 0.480 e. The summed E-state index contributed by atoms with van der Waals surface area (Å²) in [5, 5.41) is 8.30. The molecule has 0 amide bonds. The molecule has 0 aromatic carbocycles. The first-order valence-corrected chi connectivity index (χ1v) is 4.57. The molecule has 1 unspecified atom stereocenters. The minimum atomic E-state index is -0.902. The summed E-state index contributed by atoms with van der Waals surface area (Å²) in [4.78, 5) is 10.1. The van der Waals surface area contributed by atoms with Crippen LogP contribution in [0.2, 0.25) is 0 Å². The Bertz CT molecular complexity index is 164. The monoisotopic (exact) mass is 186 g/mol. The van der Waals surface area contributed by atoms with Crippen molar-refractivity contribution < 1.29 is 14.6 Å². The molecule has 0 fully saturated rings. The van der Waals surface area contributed by atoms with Gasteiger partial charge in [0.25, 0.3) is 0 Å². The van der Waals surface area contributed by atoms with Crippen LogP contribution in [0.4, 0.5) is 0 Å². The molecule has 0 heterocycles. The second kappa shape index (κ2) is 7.80. The van der Waals surface area contributed by atoms with Crippen LogP contribution in [-0.4, -0.2) is 24.3 Å². The summed E-state index contributed by atoms with van der Waals surface area (Å²) in [7, 11) is 0. The number of rotatable bonds is 7. The van der Waals surface area contributed by atoms with Crippen molar-refractivity contribution in [3.8, 4) is 0 Å². The Balaban J connectivity index is 3.29. The van der Waals surface area contributed by atoms with Crippen molar-refractivity contribution in [2.45, 2.75) is 26.7 Å². The maximum atomic E-state index is 10.1. The number of carbonyl (C=O) groups is 1. The van der Waals surface area contributed by atoms with E-state index in [1.54, 1.807) is 0 Å². The lowest BCUT2D eigenvalue weighted by Gasteiger charge is -2.08. The summed E-state index contributed by atoms with van der Waals surface area (Å²) in [6, 6.07) is 0. The fraction of sp³-hybridized carbons (Fsp3) is 0.700. The van der Waals surface area contributed by atoms with Gasteiger partial charge in [-0.1, -0.05) is 19.1 Å². The Morgan fingerprint density at radius 3 is 2.85 bits per heavy atom. The van der Waals surface area contributed by atoms with Gasteiger partial charge in [-0.05, 0) is 25.7 Å². The fourth-order valence-electron chi connectivity index (χ4n) is 0.978. The number of carboxylic acid groups (broad SMARTS) is 1. The molecule has 13 heavy (non-hydrogen) atoms. The van der Waals surface area contributed by atoms with Crippen molar-refractivity contribution in [3.63, 3.8) is 0 Å². The highest BCUT2D eigenvalue weighted by Gasteiger charge is 2.02. The van der Waals surface area contributed by atoms with E-state index in [4.69, 9.17) is 9.84 Å². The Kier molecular flexibility index (Phi) is 7.30. The standard InChI is InChI=1S/C10H18O3/c1-3-4-5-6-9(2)7-13-8-10(11)12/h3-4,9H,5-8H2,1-2H3,(H,11,12)/b4-3-. The van der Waals surface area contributed by atoms with Crippen LogP contribution in [0, 0.1) is 5.92 Å². The molecule has 3 nitrogen and oxygen atoms in total. The van der Waals surface area contributed by atoms with Crippen LogP contribution in [0.1, 0.15) is 26.7 Å². The highest BCUT2D eigenvalue weighted by molar-refractivity contribution is 5.67. The highest BCUT2D eigenvalue weighted by Crippen LogP contribution is 2.06. The molecule has 0 aliphatic rings. The zero-order valence-corrected chi connectivity index (χ0v) is 8.32. The number of hydrogen-bond donors (Lipinski definition) is 1. The summed E-state index contributed by atoms with van der Waals surface area (Å²) < 4.78 is 4.96. The van der Waals surface area contributed by atoms with Crippen LogP contribution in [0.5, 0.6) is 0 Å². The third kappa shape index (κ3) is 9.08. The molecule has 0 saturated heterocycles. The number of aliphatic carboxylic acids is 1. The van der Waals surface area contributed by atoms with Gasteiger partial charge in [-0.2, -0.15) is 0 Å². The van der Waals surface area contributed by atoms with E-state index in [1.165, 1.54) is 0 Å². The maximum absolute atomic E-state index is 10.1. The van der Waals surface area contributed by atoms with Crippen LogP contribution < -0.4 is 0 Å². The Labute approximate surface area is 79.4 Å². The topological polar surface area (TPSA) is 46.5 Å². The van der Waals surface area contributed by atoms with E-state index in [2.05, 4.69) is 13.0 Å². The third-order valence-corrected chi connectivity index (χ3v) is 1.69. The molecule has 0 rings (SSSR count). The molecular weight excluding hydrogens is 168 g/mol. The van der Waals surface area contributed by atoms with E-state index in [9.17, 15) is 4.79 Å². The van der Waals surface area contributed by atoms with Crippen molar-refractivity contribution in [2.24, 2.45) is 5.92 Å². The van der Waals surface area contributed by atoms with Gasteiger partial charge in [0.2, 0.25) is 0 Å². The summed E-state index contributed by atoms with van der Waals surface area (Å²) in [5.74, 6) is -0.476. The molecule has 1 N–H and O–H groups in total. The molecule has 0 spiro atoms. The quantitative estimate of drug-likeness (QED) is 0.619. The van der Waals surface area contributed by atoms with Gasteiger partial charge in [0.15, 0.2) is 0 Å². The van der Waals surface area contributed by atoms with Gasteiger partial charge < -0.3 is 9.84 Å². The zero-order valence-electron chi connectivity index (χ0n) is 8.32. The van der Waals surface area contributed by atoms with Gasteiger partial charge in [-0.25, -0.2) is 4.79 Å². The smallest absolute Gasteiger partial charge is 0.329 e. The average Bonchev–Trinajstić information content (AvgIpc) is 2.04. The molecule has 0 radical (unpaired) electrons. The van der Waals surface area contributed by atoms with E-state index in [-0.39, 0.29) is 6.61 Å². The lowest BCUT2D eigenvalue weighted by atomic mass is 10.1. The number of carboxylic acids is 1. The molecule has 1 atom stereocenters. The van der Waals surface area contributed by atoms with Crippen LogP contribution in [0.25, 0.3) is 0 Å². The third-order valence-electron chi connectivity index (χ3n) is 1.69. The van der Waals surface area contributed by atoms with E-state index in [0.717, 1.165) is 12.8 Å². The van der Waals surface area contributed by atoms with E-state index >= 15 is 0 Å². The predicted molar refractivity (Wildman–Crippen MR) is 51.7 cm³/mol. The van der Waals surface area contributed by atoms with E-state index < -0.39 is 5.97 Å². The summed E-state index contributed by atoms with van der Waals surface area (Å²) in [5.41, 5.74) is 0. The van der Waals surface area contributed by atoms with Crippen LogP contribution >= 0.6 is 0 Å². The van der Waals surface area contributed by atoms with Gasteiger partial charge in [-0.3, -0.25) is 0 Å². The van der Waals surface area contributed by atoms with Crippen molar-refractivity contribution in [2.75, 3.05) is 13.2 Å². The lowest BCUT2D eigenvalue weighted by Crippen LogP contribution is -2.12. The Morgan fingerprint density at radius 1 is 1.62 bits per heavy atom. The van der Waals surface area contributed by atoms with Crippen LogP contribution in [-0.2, 0) is 9.53 Å². The normalized spacial score (nSPS) is 13.4. The van der Waals surface area contributed by atoms with Crippen LogP contribution in [0.15, 0.2) is 12.2 Å². The molecule has 76 valence electrons. The van der Waals surface area contributed by atoms with Crippen LogP contribution in [0.3, 0.4) is 0 Å². The molecule has 3 heteroatoms. The second-order valence-electron chi connectivity index (χ2n) is 3.16. The Hall–Kier alpha value is -0.830. The second-order valence-corrected chi connectivity index (χ2v) is 3.16. The van der Waals surface area contributed by atoms with Crippen molar-refractivity contribution in [3.05, 3.63) is 12.2 Å². The summed E-state index contributed by atoms with van der Waals surface area (Å²) in [6.07, 6.45) is 6.20. The average molecular weight is 186 g/mol. The number of ether oxygens (including phenoxy) is 1. The number of hydrogen-bond acceptors (Lipinski definition) is 2. The molecule has 0 aliphatic heterocycles. The molecule has 0 saturated carbocycles. The molecular formula is C10H18O3. The molecule has 0 aromatic heterocycles. The predicted octanol–water partition coefficient (Wildman–Crippen LogP) is 2.08. The first-order chi connectivity index (χ1) is 6.16. The summed E-state index contributed by atoms with van der Waals surface area (Å²) in [6.45, 7) is 4.40. The molecule has 0 bridgehead atoms. The lowest BCUT2D eigenvalue weighted by molar-refractivity contribution is -0.142. The minimum absolute atomic E-state index is 0.187. The highest BCUT2D eigenvalue weighted by atomic mass is 16.5. The minimum Gasteiger partial charge on any atom is -0.480 e. The van der Waals surface area contributed by atoms with Gasteiger partial charge in [0.05, 0.1) is 0 Å². The first-order valence-electron chi connectivity index (χ1n) is 4.57. The number of allylic oxidation sites excluding steroid dienone is 2. The van der Waals surface area contributed by atoms with Crippen molar-refractivity contribution >= 4 is 5.97 Å². The zero-order chi connectivity index (χ0) is 10.1. The van der Waals surface area contributed by atoms with Crippen molar-refractivity contribution in [1.29, 1.82) is 0 Å². The maximum Gasteiger partial charge on any atom is 0.329 e. The summed E-state index contributed by atoms with van der Waals surface area (Å²) >= 11 is 0. The van der Waals surface area contributed by atoms with E-state index in [1.807, 2.05) is 13.0 Å². The first kappa shape index (κ1) is 12.2. The fourth-order valence-corrected chi connectivity index (χ4v) is 0.978.